The Morgan fingerprint density at radius 3 is 2.41 bits per heavy atom. The summed E-state index contributed by atoms with van der Waals surface area (Å²) in [5, 5.41) is 12.9. The number of hydrogen-bond donors (Lipinski definition) is 2. The number of nitro benzene ring substituents is 1. The Morgan fingerprint density at radius 1 is 1.47 bits per heavy atom. The maximum atomic E-state index is 13.4. The highest BCUT2D eigenvalue weighted by atomic mass is 19.1. The highest BCUT2D eigenvalue weighted by molar-refractivity contribution is 5.51. The minimum absolute atomic E-state index is 0.197. The molecule has 0 bridgehead atoms. The highest BCUT2D eigenvalue weighted by Gasteiger charge is 2.17. The van der Waals surface area contributed by atoms with E-state index in [2.05, 4.69) is 5.32 Å². The number of hydrogen-bond acceptors (Lipinski definition) is 4. The molecular formula is C10H13F2N3O2. The number of anilines is 1. The van der Waals surface area contributed by atoms with Crippen LogP contribution in [0.5, 0.6) is 0 Å². The predicted octanol–water partition coefficient (Wildman–Crippen LogP) is 2.02. The lowest BCUT2D eigenvalue weighted by Gasteiger charge is -2.12. The van der Waals surface area contributed by atoms with Gasteiger partial charge >= 0.3 is 0 Å². The van der Waals surface area contributed by atoms with E-state index in [4.69, 9.17) is 5.73 Å². The third-order valence-electron chi connectivity index (χ3n) is 2.30. The number of non-ortho nitro benzene ring substituents is 1. The van der Waals surface area contributed by atoms with Crippen molar-refractivity contribution < 1.29 is 13.7 Å². The minimum atomic E-state index is -1.000. The van der Waals surface area contributed by atoms with E-state index in [1.807, 2.05) is 6.92 Å². The van der Waals surface area contributed by atoms with Gasteiger partial charge in [-0.3, -0.25) is 10.1 Å². The van der Waals surface area contributed by atoms with Gasteiger partial charge in [-0.2, -0.15) is 0 Å². The Hall–Kier alpha value is -1.76. The van der Waals surface area contributed by atoms with Crippen LogP contribution in [0.2, 0.25) is 0 Å². The van der Waals surface area contributed by atoms with Crippen molar-refractivity contribution in [3.05, 3.63) is 33.9 Å². The molecule has 7 heteroatoms. The lowest BCUT2D eigenvalue weighted by molar-refractivity contribution is -0.385. The Labute approximate surface area is 96.8 Å². The van der Waals surface area contributed by atoms with Crippen molar-refractivity contribution in [2.24, 2.45) is 5.73 Å². The second-order valence-corrected chi connectivity index (χ2v) is 3.59. The van der Waals surface area contributed by atoms with Gasteiger partial charge in [0.25, 0.3) is 5.69 Å². The standard InChI is InChI=1S/C10H13F2N3O2/c1-2-6(13)5-14-10-8(11)3-7(15(16)17)4-9(10)12/h3-4,6,14H,2,5,13H2,1H3. The van der Waals surface area contributed by atoms with E-state index in [9.17, 15) is 18.9 Å². The van der Waals surface area contributed by atoms with Crippen LogP contribution in [0, 0.1) is 21.7 Å². The molecule has 94 valence electrons. The molecule has 5 nitrogen and oxygen atoms in total. The van der Waals surface area contributed by atoms with E-state index >= 15 is 0 Å². The summed E-state index contributed by atoms with van der Waals surface area (Å²) in [5.74, 6) is -2.00. The highest BCUT2D eigenvalue weighted by Crippen LogP contribution is 2.24. The second-order valence-electron chi connectivity index (χ2n) is 3.59. The van der Waals surface area contributed by atoms with Gasteiger partial charge in [0.05, 0.1) is 17.1 Å². The summed E-state index contributed by atoms with van der Waals surface area (Å²) < 4.78 is 26.8. The molecule has 1 rings (SSSR count). The van der Waals surface area contributed by atoms with E-state index in [-0.39, 0.29) is 18.3 Å². The normalized spacial score (nSPS) is 12.2. The Morgan fingerprint density at radius 2 is 2.00 bits per heavy atom. The zero-order valence-electron chi connectivity index (χ0n) is 9.24. The van der Waals surface area contributed by atoms with Gasteiger partial charge in [-0.25, -0.2) is 8.78 Å². The van der Waals surface area contributed by atoms with Crippen LogP contribution in [0.25, 0.3) is 0 Å². The third-order valence-corrected chi connectivity index (χ3v) is 2.30. The monoisotopic (exact) mass is 245 g/mol. The first-order valence-electron chi connectivity index (χ1n) is 5.08. The molecule has 1 atom stereocenters. The van der Waals surface area contributed by atoms with Crippen molar-refractivity contribution in [1.82, 2.24) is 0 Å². The molecule has 0 fully saturated rings. The van der Waals surface area contributed by atoms with Crippen LogP contribution in [-0.4, -0.2) is 17.5 Å². The van der Waals surface area contributed by atoms with Crippen LogP contribution in [0.15, 0.2) is 12.1 Å². The summed E-state index contributed by atoms with van der Waals surface area (Å²) in [6, 6.07) is 1.11. The molecule has 1 unspecified atom stereocenters. The van der Waals surface area contributed by atoms with Crippen molar-refractivity contribution in [3.8, 4) is 0 Å². The van der Waals surface area contributed by atoms with Gasteiger partial charge in [0, 0.05) is 12.6 Å². The molecule has 17 heavy (non-hydrogen) atoms. The average Bonchev–Trinajstić information content (AvgIpc) is 2.27. The maximum absolute atomic E-state index is 13.4. The SMILES string of the molecule is CCC(N)CNc1c(F)cc([N+](=O)[O-])cc1F. The van der Waals surface area contributed by atoms with Gasteiger partial charge in [-0.1, -0.05) is 6.92 Å². The molecule has 0 saturated carbocycles. The van der Waals surface area contributed by atoms with Gasteiger partial charge in [0.15, 0.2) is 11.6 Å². The van der Waals surface area contributed by atoms with E-state index < -0.39 is 22.2 Å². The number of halogens is 2. The van der Waals surface area contributed by atoms with Gasteiger partial charge in [0.1, 0.15) is 5.69 Å². The molecule has 0 aliphatic rings. The number of rotatable bonds is 5. The zero-order chi connectivity index (χ0) is 13.0. The smallest absolute Gasteiger partial charge is 0.275 e. The quantitative estimate of drug-likeness (QED) is 0.614. The number of nitrogens with two attached hydrogens (primary N) is 1. The number of nitrogens with one attached hydrogen (secondary N) is 1. The van der Waals surface area contributed by atoms with Crippen molar-refractivity contribution in [2.45, 2.75) is 19.4 Å². The van der Waals surface area contributed by atoms with Crippen molar-refractivity contribution in [2.75, 3.05) is 11.9 Å². The zero-order valence-corrected chi connectivity index (χ0v) is 9.24. The number of nitrogens with zero attached hydrogens (tertiary/aromatic N) is 1. The Kier molecular flexibility index (Phi) is 4.33. The maximum Gasteiger partial charge on any atom is 0.275 e. The number of benzene rings is 1. The predicted molar refractivity (Wildman–Crippen MR) is 59.8 cm³/mol. The molecule has 3 N–H and O–H groups in total. The van der Waals surface area contributed by atoms with Crippen LogP contribution >= 0.6 is 0 Å². The molecule has 0 amide bonds. The summed E-state index contributed by atoms with van der Waals surface area (Å²) in [7, 11) is 0. The molecule has 1 aromatic carbocycles. The Balaban J connectivity index is 2.90. The summed E-state index contributed by atoms with van der Waals surface area (Å²) in [6.07, 6.45) is 0.656. The van der Waals surface area contributed by atoms with E-state index in [1.54, 1.807) is 0 Å². The molecule has 0 saturated heterocycles. The fourth-order valence-electron chi connectivity index (χ4n) is 1.21. The van der Waals surface area contributed by atoms with Crippen LogP contribution in [0.1, 0.15) is 13.3 Å². The van der Waals surface area contributed by atoms with Crippen molar-refractivity contribution in [1.29, 1.82) is 0 Å². The fraction of sp³-hybridized carbons (Fsp3) is 0.400. The largest absolute Gasteiger partial charge is 0.379 e. The summed E-state index contributed by atoms with van der Waals surface area (Å²) >= 11 is 0. The molecular weight excluding hydrogens is 232 g/mol. The van der Waals surface area contributed by atoms with Crippen LogP contribution in [0.3, 0.4) is 0 Å². The first-order chi connectivity index (χ1) is 7.95. The van der Waals surface area contributed by atoms with Crippen molar-refractivity contribution in [3.63, 3.8) is 0 Å². The van der Waals surface area contributed by atoms with E-state index in [0.29, 0.717) is 18.6 Å². The topological polar surface area (TPSA) is 81.2 Å². The average molecular weight is 245 g/mol. The lowest BCUT2D eigenvalue weighted by Crippen LogP contribution is -2.28. The van der Waals surface area contributed by atoms with Crippen LogP contribution in [-0.2, 0) is 0 Å². The number of nitro groups is 1. The van der Waals surface area contributed by atoms with Gasteiger partial charge in [0.2, 0.25) is 0 Å². The minimum Gasteiger partial charge on any atom is -0.379 e. The fourth-order valence-corrected chi connectivity index (χ4v) is 1.21. The van der Waals surface area contributed by atoms with Gasteiger partial charge < -0.3 is 11.1 Å². The first kappa shape index (κ1) is 13.3. The first-order valence-corrected chi connectivity index (χ1v) is 5.08. The molecule has 0 aromatic heterocycles. The van der Waals surface area contributed by atoms with Crippen LogP contribution < -0.4 is 11.1 Å². The van der Waals surface area contributed by atoms with Crippen LogP contribution in [0.4, 0.5) is 20.2 Å². The third kappa shape index (κ3) is 3.35. The van der Waals surface area contributed by atoms with E-state index in [1.165, 1.54) is 0 Å². The van der Waals surface area contributed by atoms with Crippen molar-refractivity contribution >= 4 is 11.4 Å². The summed E-state index contributed by atoms with van der Waals surface area (Å²) in [6.45, 7) is 2.04. The second kappa shape index (κ2) is 5.53. The Bertz CT molecular complexity index is 403. The lowest BCUT2D eigenvalue weighted by atomic mass is 10.2. The molecule has 0 heterocycles. The molecule has 1 aromatic rings. The molecule has 0 aliphatic carbocycles. The van der Waals surface area contributed by atoms with E-state index in [0.717, 1.165) is 0 Å². The van der Waals surface area contributed by atoms with Gasteiger partial charge in [-0.15, -0.1) is 0 Å². The molecule has 0 aliphatic heterocycles. The molecule has 0 radical (unpaired) electrons. The summed E-state index contributed by atoms with van der Waals surface area (Å²) in [4.78, 5) is 9.51. The van der Waals surface area contributed by atoms with Gasteiger partial charge in [-0.05, 0) is 6.42 Å². The molecule has 0 spiro atoms. The summed E-state index contributed by atoms with van der Waals surface area (Å²) in [5.41, 5.74) is 4.57.